The molecule has 220 valence electrons. The zero-order valence-electron chi connectivity index (χ0n) is 26.5. The number of hydrogen-bond acceptors (Lipinski definition) is 4. The second-order valence-electron chi connectivity index (χ2n) is 18.2. The number of hydrogen-bond donors (Lipinski definition) is 0. The van der Waals surface area contributed by atoms with E-state index in [4.69, 9.17) is 4.74 Å². The van der Waals surface area contributed by atoms with Gasteiger partial charge in [0, 0.05) is 21.6 Å². The molecule has 0 amide bonds. The highest BCUT2D eigenvalue weighted by atomic mass is 32.1. The third-order valence-corrected chi connectivity index (χ3v) is 17.2. The maximum atomic E-state index is 14.4. The Morgan fingerprint density at radius 1 is 0.900 bits per heavy atom. The molecule has 8 rings (SSSR count). The predicted molar refractivity (Wildman–Crippen MR) is 161 cm³/mol. The Hall–Kier alpha value is -0.740. The van der Waals surface area contributed by atoms with Crippen LogP contribution in [0.5, 0.6) is 0 Å². The van der Waals surface area contributed by atoms with Crippen molar-refractivity contribution in [2.24, 2.45) is 61.6 Å². The monoisotopic (exact) mass is 563 g/mol. The van der Waals surface area contributed by atoms with Crippen LogP contribution in [0.25, 0.3) is 0 Å². The first kappa shape index (κ1) is 26.9. The molecule has 1 aromatic rings. The van der Waals surface area contributed by atoms with Gasteiger partial charge >= 0.3 is 0 Å². The molecule has 3 nitrogen and oxygen atoms in total. The van der Waals surface area contributed by atoms with Crippen LogP contribution in [0.4, 0.5) is 0 Å². The van der Waals surface area contributed by atoms with Gasteiger partial charge in [-0.15, -0.1) is 11.3 Å². The summed E-state index contributed by atoms with van der Waals surface area (Å²) in [5.41, 5.74) is 4.46. The topological polar surface area (TPSA) is 39.2 Å². The lowest BCUT2D eigenvalue weighted by molar-refractivity contribution is -0.244. The number of Topliss-reactive ketones (excluding diaryl/α,β-unsaturated/α-hetero) is 1. The van der Waals surface area contributed by atoms with Crippen molar-refractivity contribution in [1.82, 2.24) is 4.98 Å². The number of ketones is 1. The molecule has 4 heteroatoms. The zero-order chi connectivity index (χ0) is 28.3. The van der Waals surface area contributed by atoms with Gasteiger partial charge in [0.1, 0.15) is 5.78 Å². The standard InChI is InChI=1S/C36H53NO2S/c1-21-27(40-20-37-21)23-17-36(23)18-32(6)24(31(4,5)29(36)38)11-12-34(8)25(32)10-9-22-26-28-30(2,3)13-15-35(26,19-39-28)16-14-33(22,34)7/h20,22-26,28H,9-19H2,1-8H3/t22-,23+,24+,25+,26-,28+,32-,33+,34+,35+,36+/m0/s1. The van der Waals surface area contributed by atoms with Crippen molar-refractivity contribution in [3.05, 3.63) is 16.1 Å². The molecular formula is C36H53NO2S. The number of fused-ring (bicyclic) bond motifs is 5. The molecule has 1 spiro atoms. The maximum absolute atomic E-state index is 14.4. The summed E-state index contributed by atoms with van der Waals surface area (Å²) >= 11 is 1.80. The summed E-state index contributed by atoms with van der Waals surface area (Å²) in [6.45, 7) is 21.0. The number of aromatic nitrogens is 1. The molecule has 1 aromatic heterocycles. The molecule has 0 aromatic carbocycles. The molecule has 7 fully saturated rings. The zero-order valence-corrected chi connectivity index (χ0v) is 27.3. The number of aryl methyl sites for hydroxylation is 1. The molecule has 40 heavy (non-hydrogen) atoms. The summed E-state index contributed by atoms with van der Waals surface area (Å²) in [6.07, 6.45) is 13.4. The Kier molecular flexibility index (Phi) is 5.14. The van der Waals surface area contributed by atoms with Gasteiger partial charge in [0.2, 0.25) is 0 Å². The highest BCUT2D eigenvalue weighted by molar-refractivity contribution is 7.09. The van der Waals surface area contributed by atoms with Crippen molar-refractivity contribution >= 4 is 17.1 Å². The summed E-state index contributed by atoms with van der Waals surface area (Å²) < 4.78 is 6.79. The van der Waals surface area contributed by atoms with Gasteiger partial charge in [0.15, 0.2) is 0 Å². The molecule has 11 atom stereocenters. The minimum atomic E-state index is -0.240. The van der Waals surface area contributed by atoms with Crippen LogP contribution < -0.4 is 0 Å². The third-order valence-electron chi connectivity index (χ3n) is 16.2. The fraction of sp³-hybridized carbons (Fsp3) is 0.889. The first-order chi connectivity index (χ1) is 18.7. The summed E-state index contributed by atoms with van der Waals surface area (Å²) in [5, 5.41) is 0. The molecular weight excluding hydrogens is 510 g/mol. The van der Waals surface area contributed by atoms with Crippen molar-refractivity contribution < 1.29 is 9.53 Å². The second kappa shape index (κ2) is 7.66. The van der Waals surface area contributed by atoms with Gasteiger partial charge in [-0.05, 0) is 122 Å². The first-order valence-corrected chi connectivity index (χ1v) is 17.6. The van der Waals surface area contributed by atoms with Gasteiger partial charge in [0.05, 0.1) is 23.9 Å². The smallest absolute Gasteiger partial charge is 0.145 e. The van der Waals surface area contributed by atoms with Gasteiger partial charge in [-0.2, -0.15) is 0 Å². The van der Waals surface area contributed by atoms with Crippen molar-refractivity contribution in [3.8, 4) is 0 Å². The summed E-state index contributed by atoms with van der Waals surface area (Å²) in [5.74, 6) is 3.73. The Labute approximate surface area is 247 Å². The lowest BCUT2D eigenvalue weighted by Crippen LogP contribution is -2.68. The number of thiazole rings is 1. The molecule has 2 heterocycles. The SMILES string of the molecule is Cc1ncsc1[C@H]1C[C@@]12C[C@@]1(C)[C@H](CC[C@]3(C)[C@@H]1CC[C@H]1[C@H]4[C@H]5OC[C@@]4(CCC5(C)C)CC[C@]13C)C(C)(C)C2=O. The Bertz CT molecular complexity index is 1280. The molecule has 1 saturated heterocycles. The fourth-order valence-electron chi connectivity index (χ4n) is 14.1. The van der Waals surface area contributed by atoms with Gasteiger partial charge < -0.3 is 4.74 Å². The van der Waals surface area contributed by atoms with Crippen LogP contribution in [0.3, 0.4) is 0 Å². The summed E-state index contributed by atoms with van der Waals surface area (Å²) in [7, 11) is 0. The number of carbonyl (C=O) groups excluding carboxylic acids is 1. The molecule has 6 aliphatic carbocycles. The Morgan fingerprint density at radius 2 is 1.65 bits per heavy atom. The minimum Gasteiger partial charge on any atom is -0.377 e. The highest BCUT2D eigenvalue weighted by Crippen LogP contribution is 2.81. The Morgan fingerprint density at radius 3 is 2.38 bits per heavy atom. The number of ether oxygens (including phenoxy) is 1. The first-order valence-electron chi connectivity index (χ1n) is 16.7. The normalized spacial score (nSPS) is 55.2. The summed E-state index contributed by atoms with van der Waals surface area (Å²) in [4.78, 5) is 20.4. The number of carbonyl (C=O) groups is 1. The van der Waals surface area contributed by atoms with E-state index >= 15 is 0 Å². The molecule has 2 bridgehead atoms. The van der Waals surface area contributed by atoms with Gasteiger partial charge in [0.25, 0.3) is 0 Å². The average molecular weight is 564 g/mol. The molecule has 0 radical (unpaired) electrons. The van der Waals surface area contributed by atoms with E-state index < -0.39 is 0 Å². The molecule has 6 saturated carbocycles. The van der Waals surface area contributed by atoms with Crippen LogP contribution in [-0.4, -0.2) is 23.5 Å². The molecule has 0 unspecified atom stereocenters. The maximum Gasteiger partial charge on any atom is 0.145 e. The van der Waals surface area contributed by atoms with Crippen molar-refractivity contribution in [2.75, 3.05) is 6.61 Å². The van der Waals surface area contributed by atoms with Crippen LogP contribution in [-0.2, 0) is 9.53 Å². The van der Waals surface area contributed by atoms with Crippen LogP contribution in [0.2, 0.25) is 0 Å². The lowest BCUT2D eigenvalue weighted by Gasteiger charge is -2.73. The van der Waals surface area contributed by atoms with Crippen molar-refractivity contribution in [2.45, 2.75) is 132 Å². The van der Waals surface area contributed by atoms with Crippen LogP contribution in [0, 0.1) is 68.5 Å². The number of nitrogens with zero attached hydrogens (tertiary/aromatic N) is 1. The lowest BCUT2D eigenvalue weighted by atomic mass is 9.31. The van der Waals surface area contributed by atoms with E-state index in [0.29, 0.717) is 51.3 Å². The fourth-order valence-corrected chi connectivity index (χ4v) is 15.1. The van der Waals surface area contributed by atoms with Crippen molar-refractivity contribution in [3.63, 3.8) is 0 Å². The Balaban J connectivity index is 1.19. The largest absolute Gasteiger partial charge is 0.377 e. The van der Waals surface area contributed by atoms with E-state index in [9.17, 15) is 4.79 Å². The van der Waals surface area contributed by atoms with Crippen LogP contribution >= 0.6 is 11.3 Å². The van der Waals surface area contributed by atoms with E-state index in [0.717, 1.165) is 37.0 Å². The molecule has 0 N–H and O–H groups in total. The van der Waals surface area contributed by atoms with E-state index in [1.165, 1.54) is 56.2 Å². The third kappa shape index (κ3) is 2.89. The van der Waals surface area contributed by atoms with E-state index in [-0.39, 0.29) is 16.2 Å². The van der Waals surface area contributed by atoms with Crippen LogP contribution in [0.1, 0.15) is 129 Å². The van der Waals surface area contributed by atoms with E-state index in [1.54, 1.807) is 11.3 Å². The average Bonchev–Trinajstić information content (AvgIpc) is 3.23. The van der Waals surface area contributed by atoms with Crippen LogP contribution in [0.15, 0.2) is 5.51 Å². The quantitative estimate of drug-likeness (QED) is 0.342. The predicted octanol–water partition coefficient (Wildman–Crippen LogP) is 8.99. The van der Waals surface area contributed by atoms with E-state index in [2.05, 4.69) is 60.4 Å². The number of rotatable bonds is 1. The summed E-state index contributed by atoms with van der Waals surface area (Å²) in [6, 6.07) is 0. The highest BCUT2D eigenvalue weighted by Gasteiger charge is 2.77. The molecule has 7 aliphatic rings. The minimum absolute atomic E-state index is 0.154. The van der Waals surface area contributed by atoms with Gasteiger partial charge in [-0.3, -0.25) is 4.79 Å². The van der Waals surface area contributed by atoms with Gasteiger partial charge in [-0.1, -0.05) is 48.5 Å². The molecule has 1 aliphatic heterocycles. The van der Waals surface area contributed by atoms with Gasteiger partial charge in [-0.25, -0.2) is 4.98 Å². The van der Waals surface area contributed by atoms with E-state index in [1.807, 2.05) is 5.51 Å². The second-order valence-corrected chi connectivity index (χ2v) is 19.1. The van der Waals surface area contributed by atoms with Crippen molar-refractivity contribution in [1.29, 1.82) is 0 Å².